The Hall–Kier alpha value is -1.00. The second kappa shape index (κ2) is 6.25. The molecule has 1 fully saturated rings. The highest BCUT2D eigenvalue weighted by atomic mass is 19.1. The van der Waals surface area contributed by atoms with Gasteiger partial charge in [0.05, 0.1) is 0 Å². The first-order valence-corrected chi connectivity index (χ1v) is 6.40. The van der Waals surface area contributed by atoms with E-state index in [1.165, 1.54) is 12.1 Å². The number of rotatable bonds is 4. The van der Waals surface area contributed by atoms with E-state index in [1.807, 2.05) is 7.05 Å². The van der Waals surface area contributed by atoms with E-state index < -0.39 is 11.6 Å². The Balaban J connectivity index is 2.07. The standard InChI is InChI=1S/C14H19F2NO/c1-17-14(8-10-4-6-18-7-5-10)12-3-2-11(15)9-13(12)16/h2-3,9-10,14,17H,4-8H2,1H3. The van der Waals surface area contributed by atoms with Gasteiger partial charge < -0.3 is 10.1 Å². The van der Waals surface area contributed by atoms with Crippen LogP contribution in [0.5, 0.6) is 0 Å². The largest absolute Gasteiger partial charge is 0.381 e. The summed E-state index contributed by atoms with van der Waals surface area (Å²) < 4.78 is 31.9. The molecule has 1 aromatic carbocycles. The van der Waals surface area contributed by atoms with E-state index in [1.54, 1.807) is 0 Å². The molecular weight excluding hydrogens is 236 g/mol. The first-order valence-electron chi connectivity index (χ1n) is 6.40. The fourth-order valence-corrected chi connectivity index (χ4v) is 2.50. The highest BCUT2D eigenvalue weighted by molar-refractivity contribution is 5.22. The number of hydrogen-bond donors (Lipinski definition) is 1. The van der Waals surface area contributed by atoms with Gasteiger partial charge >= 0.3 is 0 Å². The van der Waals surface area contributed by atoms with E-state index >= 15 is 0 Å². The SMILES string of the molecule is CNC(CC1CCOCC1)c1ccc(F)cc1F. The van der Waals surface area contributed by atoms with Gasteiger partial charge in [0.1, 0.15) is 11.6 Å². The highest BCUT2D eigenvalue weighted by Gasteiger charge is 2.21. The minimum absolute atomic E-state index is 0.0614. The molecule has 0 spiro atoms. The van der Waals surface area contributed by atoms with Crippen LogP contribution < -0.4 is 5.32 Å². The molecule has 4 heteroatoms. The minimum atomic E-state index is -0.530. The molecule has 1 aliphatic rings. The smallest absolute Gasteiger partial charge is 0.130 e. The van der Waals surface area contributed by atoms with Gasteiger partial charge in [0.2, 0.25) is 0 Å². The van der Waals surface area contributed by atoms with Crippen molar-refractivity contribution < 1.29 is 13.5 Å². The van der Waals surface area contributed by atoms with Crippen LogP contribution in [0.15, 0.2) is 18.2 Å². The molecule has 0 aliphatic carbocycles. The summed E-state index contributed by atoms with van der Waals surface area (Å²) in [7, 11) is 1.81. The average Bonchev–Trinajstić information content (AvgIpc) is 2.38. The summed E-state index contributed by atoms with van der Waals surface area (Å²) in [5.41, 5.74) is 0.547. The second-order valence-corrected chi connectivity index (χ2v) is 4.80. The van der Waals surface area contributed by atoms with Gasteiger partial charge in [-0.1, -0.05) is 6.07 Å². The van der Waals surface area contributed by atoms with E-state index in [9.17, 15) is 8.78 Å². The van der Waals surface area contributed by atoms with E-state index in [4.69, 9.17) is 4.74 Å². The van der Waals surface area contributed by atoms with Gasteiger partial charge in [0.25, 0.3) is 0 Å². The molecule has 1 saturated heterocycles. The van der Waals surface area contributed by atoms with Crippen molar-refractivity contribution in [2.24, 2.45) is 5.92 Å². The summed E-state index contributed by atoms with van der Waals surface area (Å²) in [6, 6.07) is 3.73. The maximum atomic E-state index is 13.7. The molecule has 18 heavy (non-hydrogen) atoms. The van der Waals surface area contributed by atoms with Crippen LogP contribution >= 0.6 is 0 Å². The fourth-order valence-electron chi connectivity index (χ4n) is 2.50. The van der Waals surface area contributed by atoms with Gasteiger partial charge in [0.15, 0.2) is 0 Å². The predicted octanol–water partition coefficient (Wildman–Crippen LogP) is 3.04. The summed E-state index contributed by atoms with van der Waals surface area (Å²) in [6.07, 6.45) is 2.89. The van der Waals surface area contributed by atoms with Crippen LogP contribution in [0.3, 0.4) is 0 Å². The normalized spacial score (nSPS) is 18.8. The van der Waals surface area contributed by atoms with Crippen molar-refractivity contribution in [3.8, 4) is 0 Å². The van der Waals surface area contributed by atoms with Gasteiger partial charge in [-0.05, 0) is 38.3 Å². The lowest BCUT2D eigenvalue weighted by molar-refractivity contribution is 0.0607. The highest BCUT2D eigenvalue weighted by Crippen LogP contribution is 2.28. The molecule has 100 valence electrons. The van der Waals surface area contributed by atoms with Crippen LogP contribution in [-0.2, 0) is 4.74 Å². The maximum absolute atomic E-state index is 13.7. The van der Waals surface area contributed by atoms with Crippen LogP contribution in [0.1, 0.15) is 30.9 Å². The van der Waals surface area contributed by atoms with Crippen molar-refractivity contribution >= 4 is 0 Å². The maximum Gasteiger partial charge on any atom is 0.130 e. The molecule has 0 bridgehead atoms. The van der Waals surface area contributed by atoms with Crippen molar-refractivity contribution in [1.29, 1.82) is 0 Å². The van der Waals surface area contributed by atoms with Crippen molar-refractivity contribution in [3.05, 3.63) is 35.4 Å². The van der Waals surface area contributed by atoms with Crippen molar-refractivity contribution in [2.45, 2.75) is 25.3 Å². The third-order valence-electron chi connectivity index (χ3n) is 3.60. The number of ether oxygens (including phenoxy) is 1. The Morgan fingerprint density at radius 3 is 2.67 bits per heavy atom. The van der Waals surface area contributed by atoms with E-state index in [0.29, 0.717) is 11.5 Å². The Kier molecular flexibility index (Phi) is 4.66. The average molecular weight is 255 g/mol. The van der Waals surface area contributed by atoms with Crippen LogP contribution in [0.25, 0.3) is 0 Å². The first kappa shape index (κ1) is 13.4. The van der Waals surface area contributed by atoms with Gasteiger partial charge in [-0.2, -0.15) is 0 Å². The molecule has 1 heterocycles. The van der Waals surface area contributed by atoms with Gasteiger partial charge in [-0.15, -0.1) is 0 Å². The molecule has 0 amide bonds. The number of halogens is 2. The van der Waals surface area contributed by atoms with Gasteiger partial charge in [-0.25, -0.2) is 8.78 Å². The molecule has 2 nitrogen and oxygen atoms in total. The lowest BCUT2D eigenvalue weighted by Gasteiger charge is -2.27. The van der Waals surface area contributed by atoms with Crippen molar-refractivity contribution in [2.75, 3.05) is 20.3 Å². The summed E-state index contributed by atoms with van der Waals surface area (Å²) in [6.45, 7) is 1.57. The lowest BCUT2D eigenvalue weighted by atomic mass is 9.89. The monoisotopic (exact) mass is 255 g/mol. The van der Waals surface area contributed by atoms with E-state index in [-0.39, 0.29) is 6.04 Å². The lowest BCUT2D eigenvalue weighted by Crippen LogP contribution is -2.24. The fraction of sp³-hybridized carbons (Fsp3) is 0.571. The third-order valence-corrected chi connectivity index (χ3v) is 3.60. The van der Waals surface area contributed by atoms with Crippen molar-refractivity contribution in [3.63, 3.8) is 0 Å². The second-order valence-electron chi connectivity index (χ2n) is 4.80. The van der Waals surface area contributed by atoms with Crippen LogP contribution in [0, 0.1) is 17.6 Å². The van der Waals surface area contributed by atoms with E-state index in [0.717, 1.165) is 38.5 Å². The molecule has 1 aliphatic heterocycles. The molecule has 1 atom stereocenters. The minimum Gasteiger partial charge on any atom is -0.381 e. The van der Waals surface area contributed by atoms with Crippen LogP contribution in [0.2, 0.25) is 0 Å². The first-order chi connectivity index (χ1) is 8.70. The van der Waals surface area contributed by atoms with Crippen molar-refractivity contribution in [1.82, 2.24) is 5.32 Å². The molecule has 0 saturated carbocycles. The summed E-state index contributed by atoms with van der Waals surface area (Å²) in [5, 5.41) is 3.12. The molecular formula is C14H19F2NO. The predicted molar refractivity (Wildman–Crippen MR) is 66.3 cm³/mol. The third kappa shape index (κ3) is 3.27. The molecule has 2 rings (SSSR count). The zero-order valence-corrected chi connectivity index (χ0v) is 10.6. The van der Waals surface area contributed by atoms with Crippen LogP contribution in [0.4, 0.5) is 8.78 Å². The van der Waals surface area contributed by atoms with Crippen LogP contribution in [-0.4, -0.2) is 20.3 Å². The van der Waals surface area contributed by atoms with Gasteiger partial charge in [-0.3, -0.25) is 0 Å². The zero-order chi connectivity index (χ0) is 13.0. The summed E-state index contributed by atoms with van der Waals surface area (Å²) >= 11 is 0. The number of hydrogen-bond acceptors (Lipinski definition) is 2. The Labute approximate surface area is 106 Å². The summed E-state index contributed by atoms with van der Waals surface area (Å²) in [5.74, 6) is -0.459. The molecule has 1 unspecified atom stereocenters. The number of benzene rings is 1. The topological polar surface area (TPSA) is 21.3 Å². The molecule has 0 radical (unpaired) electrons. The molecule has 1 N–H and O–H groups in total. The molecule has 0 aromatic heterocycles. The Morgan fingerprint density at radius 2 is 2.06 bits per heavy atom. The Bertz CT molecular complexity index is 391. The van der Waals surface area contributed by atoms with E-state index in [2.05, 4.69) is 5.32 Å². The quantitative estimate of drug-likeness (QED) is 0.893. The molecule has 1 aromatic rings. The number of nitrogens with one attached hydrogen (secondary N) is 1. The summed E-state index contributed by atoms with van der Waals surface area (Å²) in [4.78, 5) is 0. The Morgan fingerprint density at radius 1 is 1.33 bits per heavy atom. The van der Waals surface area contributed by atoms with Gasteiger partial charge in [0, 0.05) is 30.9 Å². The zero-order valence-electron chi connectivity index (χ0n) is 10.6.